The number of halogens is 1. The van der Waals surface area contributed by atoms with Gasteiger partial charge in [-0.3, -0.25) is 9.69 Å². The van der Waals surface area contributed by atoms with Crippen LogP contribution in [0.25, 0.3) is 0 Å². The number of ether oxygens (including phenoxy) is 2. The Balaban J connectivity index is 2.12. The van der Waals surface area contributed by atoms with Crippen molar-refractivity contribution in [2.45, 2.75) is 32.2 Å². The molecule has 1 heterocycles. The smallest absolute Gasteiger partial charge is 0.415 e. The minimum atomic E-state index is -0.726. The second-order valence-electron chi connectivity index (χ2n) is 5.83. The van der Waals surface area contributed by atoms with E-state index in [-0.39, 0.29) is 18.5 Å². The number of esters is 1. The van der Waals surface area contributed by atoms with Gasteiger partial charge in [-0.1, -0.05) is 28.1 Å². The summed E-state index contributed by atoms with van der Waals surface area (Å²) in [6.07, 6.45) is 3.36. The van der Waals surface area contributed by atoms with Crippen LogP contribution >= 0.6 is 15.9 Å². The van der Waals surface area contributed by atoms with Crippen LogP contribution in [0, 0.1) is 5.92 Å². The van der Waals surface area contributed by atoms with Gasteiger partial charge < -0.3 is 9.47 Å². The Hall–Kier alpha value is -1.82. The molecule has 1 aliphatic heterocycles. The molecule has 6 heteroatoms. The zero-order chi connectivity index (χ0) is 17.5. The highest BCUT2D eigenvalue weighted by molar-refractivity contribution is 9.10. The number of nitrogens with zero attached hydrogens (tertiary/aromatic N) is 1. The Kier molecular flexibility index (Phi) is 4.42. The summed E-state index contributed by atoms with van der Waals surface area (Å²) in [7, 11) is 0. The van der Waals surface area contributed by atoms with Crippen molar-refractivity contribution in [3.63, 3.8) is 0 Å². The Labute approximate surface area is 149 Å². The van der Waals surface area contributed by atoms with Crippen molar-refractivity contribution in [3.8, 4) is 0 Å². The highest BCUT2D eigenvalue weighted by Gasteiger charge is 2.77. The molecule has 0 saturated heterocycles. The van der Waals surface area contributed by atoms with E-state index in [2.05, 4.69) is 15.9 Å². The van der Waals surface area contributed by atoms with Gasteiger partial charge in [0, 0.05) is 10.4 Å². The number of allylic oxidation sites excluding steroid dienone is 1. The van der Waals surface area contributed by atoms with Crippen LogP contribution in [0.5, 0.6) is 0 Å². The van der Waals surface area contributed by atoms with Gasteiger partial charge >= 0.3 is 12.1 Å². The van der Waals surface area contributed by atoms with E-state index in [1.54, 1.807) is 18.7 Å². The number of hydrogen-bond donors (Lipinski definition) is 0. The topological polar surface area (TPSA) is 55.8 Å². The van der Waals surface area contributed by atoms with Crippen LogP contribution in [-0.4, -0.2) is 30.8 Å². The molecule has 2 aliphatic rings. The van der Waals surface area contributed by atoms with Gasteiger partial charge in [0.15, 0.2) is 0 Å². The Bertz CT molecular complexity index is 717. The minimum Gasteiger partial charge on any atom is -0.466 e. The molecule has 0 N–H and O–H groups in total. The number of amides is 1. The first-order valence-corrected chi connectivity index (χ1v) is 8.89. The summed E-state index contributed by atoms with van der Waals surface area (Å²) in [6, 6.07) is 5.74. The zero-order valence-electron chi connectivity index (χ0n) is 13.9. The summed E-state index contributed by atoms with van der Waals surface area (Å²) in [6.45, 7) is 6.03. The molecule has 1 fully saturated rings. The fourth-order valence-corrected chi connectivity index (χ4v) is 4.22. The highest BCUT2D eigenvalue weighted by Crippen LogP contribution is 2.70. The number of carbonyl (C=O) groups is 2. The van der Waals surface area contributed by atoms with Gasteiger partial charge in [-0.15, -0.1) is 0 Å². The second-order valence-corrected chi connectivity index (χ2v) is 6.75. The second kappa shape index (κ2) is 6.24. The molecule has 1 amide bonds. The maximum Gasteiger partial charge on any atom is 0.415 e. The van der Waals surface area contributed by atoms with Crippen molar-refractivity contribution >= 4 is 33.7 Å². The molecule has 0 unspecified atom stereocenters. The molecule has 0 aromatic heterocycles. The molecule has 1 aromatic carbocycles. The summed E-state index contributed by atoms with van der Waals surface area (Å²) in [5.41, 5.74) is 1.03. The third-order valence-electron chi connectivity index (χ3n) is 4.60. The van der Waals surface area contributed by atoms with Crippen molar-refractivity contribution < 1.29 is 19.1 Å². The average molecular weight is 394 g/mol. The number of benzene rings is 1. The molecule has 1 aromatic rings. The first kappa shape index (κ1) is 17.0. The first-order chi connectivity index (χ1) is 11.5. The minimum absolute atomic E-state index is 0.107. The number of anilines is 1. The molecular formula is C18H20BrNO4. The van der Waals surface area contributed by atoms with Gasteiger partial charge in [-0.2, -0.15) is 0 Å². The van der Waals surface area contributed by atoms with Gasteiger partial charge in [0.05, 0.1) is 30.4 Å². The largest absolute Gasteiger partial charge is 0.466 e. The van der Waals surface area contributed by atoms with Crippen LogP contribution in [0.15, 0.2) is 34.8 Å². The van der Waals surface area contributed by atoms with Crippen molar-refractivity contribution in [2.24, 2.45) is 5.92 Å². The van der Waals surface area contributed by atoms with Crippen LogP contribution < -0.4 is 4.90 Å². The molecule has 24 heavy (non-hydrogen) atoms. The predicted molar refractivity (Wildman–Crippen MR) is 94.1 cm³/mol. The Morgan fingerprint density at radius 3 is 2.62 bits per heavy atom. The standard InChI is InChI=1S/C18H20BrNO4/c1-4-9-18-14(15(18)16(21)23-5-2)12-10-11(19)7-8-13(12)20(18)17(22)24-6-3/h4,7-10,14-15H,5-6H2,1-3H3/b9-4+/t14-,15+,18-/m1/s1. The molecule has 3 atom stereocenters. The molecule has 0 radical (unpaired) electrons. The predicted octanol–water partition coefficient (Wildman–Crippen LogP) is 4.02. The van der Waals surface area contributed by atoms with Gasteiger partial charge in [0.1, 0.15) is 0 Å². The third-order valence-corrected chi connectivity index (χ3v) is 5.09. The lowest BCUT2D eigenvalue weighted by Crippen LogP contribution is -2.43. The fourth-order valence-electron chi connectivity index (χ4n) is 3.84. The lowest BCUT2D eigenvalue weighted by atomic mass is 10.1. The monoisotopic (exact) mass is 393 g/mol. The zero-order valence-corrected chi connectivity index (χ0v) is 15.5. The van der Waals surface area contributed by atoms with E-state index < -0.39 is 17.6 Å². The van der Waals surface area contributed by atoms with Crippen LogP contribution in [-0.2, 0) is 14.3 Å². The van der Waals surface area contributed by atoms with Crippen molar-refractivity contribution in [3.05, 3.63) is 40.4 Å². The van der Waals surface area contributed by atoms with E-state index in [1.165, 1.54) is 0 Å². The SMILES string of the molecule is C/C=C/[C@]12[C@H](C(=O)OCC)[C@H]1c1cc(Br)ccc1N2C(=O)OCC. The summed E-state index contributed by atoms with van der Waals surface area (Å²) >= 11 is 3.47. The fraction of sp³-hybridized carbons (Fsp3) is 0.444. The number of rotatable bonds is 4. The molecule has 5 nitrogen and oxygen atoms in total. The van der Waals surface area contributed by atoms with E-state index >= 15 is 0 Å². The van der Waals surface area contributed by atoms with Crippen LogP contribution in [0.2, 0.25) is 0 Å². The van der Waals surface area contributed by atoms with E-state index in [9.17, 15) is 9.59 Å². The lowest BCUT2D eigenvalue weighted by Gasteiger charge is -2.28. The molecule has 0 bridgehead atoms. The maximum absolute atomic E-state index is 12.6. The van der Waals surface area contributed by atoms with Crippen molar-refractivity contribution in [1.82, 2.24) is 0 Å². The van der Waals surface area contributed by atoms with E-state index in [4.69, 9.17) is 9.47 Å². The molecule has 1 aliphatic carbocycles. The summed E-state index contributed by atoms with van der Waals surface area (Å²) < 4.78 is 11.4. The molecule has 0 spiro atoms. The lowest BCUT2D eigenvalue weighted by molar-refractivity contribution is -0.145. The van der Waals surface area contributed by atoms with E-state index in [1.807, 2.05) is 37.3 Å². The first-order valence-electron chi connectivity index (χ1n) is 8.09. The van der Waals surface area contributed by atoms with Gasteiger partial charge in [0.25, 0.3) is 0 Å². The Morgan fingerprint density at radius 2 is 2.00 bits per heavy atom. The molecule has 3 rings (SSSR count). The maximum atomic E-state index is 12.6. The quantitative estimate of drug-likeness (QED) is 0.572. The average Bonchev–Trinajstić information content (AvgIpc) is 3.10. The van der Waals surface area contributed by atoms with E-state index in [0.29, 0.717) is 6.61 Å². The number of fused-ring (bicyclic) bond motifs is 3. The van der Waals surface area contributed by atoms with Crippen LogP contribution in [0.1, 0.15) is 32.3 Å². The number of hydrogen-bond acceptors (Lipinski definition) is 4. The highest BCUT2D eigenvalue weighted by atomic mass is 79.9. The van der Waals surface area contributed by atoms with E-state index in [0.717, 1.165) is 15.7 Å². The van der Waals surface area contributed by atoms with Crippen molar-refractivity contribution in [1.29, 1.82) is 0 Å². The molecular weight excluding hydrogens is 374 g/mol. The molecule has 128 valence electrons. The summed E-state index contributed by atoms with van der Waals surface area (Å²) in [5.74, 6) is -0.787. The van der Waals surface area contributed by atoms with Crippen molar-refractivity contribution in [2.75, 3.05) is 18.1 Å². The van der Waals surface area contributed by atoms with Gasteiger partial charge in [0.2, 0.25) is 0 Å². The van der Waals surface area contributed by atoms with Gasteiger partial charge in [-0.25, -0.2) is 4.79 Å². The van der Waals surface area contributed by atoms with Crippen LogP contribution in [0.4, 0.5) is 10.5 Å². The summed E-state index contributed by atoms with van der Waals surface area (Å²) in [4.78, 5) is 26.7. The third kappa shape index (κ3) is 2.27. The summed E-state index contributed by atoms with van der Waals surface area (Å²) in [5, 5.41) is 0. The molecule has 1 saturated carbocycles. The van der Waals surface area contributed by atoms with Gasteiger partial charge in [-0.05, 0) is 44.5 Å². The Morgan fingerprint density at radius 1 is 1.29 bits per heavy atom. The number of carbonyl (C=O) groups excluding carboxylic acids is 2. The van der Waals surface area contributed by atoms with Crippen LogP contribution in [0.3, 0.4) is 0 Å². The normalized spacial score (nSPS) is 26.9.